The maximum absolute atomic E-state index is 11.6. The van der Waals surface area contributed by atoms with Gasteiger partial charge in [0.15, 0.2) is 5.96 Å². The second-order valence-corrected chi connectivity index (χ2v) is 6.27. The smallest absolute Gasteiger partial charge is 0.222 e. The van der Waals surface area contributed by atoms with Crippen LogP contribution < -0.4 is 16.4 Å². The Bertz CT molecular complexity index is 563. The van der Waals surface area contributed by atoms with Crippen molar-refractivity contribution >= 4 is 35.1 Å². The van der Waals surface area contributed by atoms with E-state index in [1.54, 1.807) is 12.1 Å². The molecule has 0 bridgehead atoms. The lowest BCUT2D eigenvalue weighted by Gasteiger charge is -2.16. The topological polar surface area (TPSA) is 79.5 Å². The van der Waals surface area contributed by atoms with Crippen molar-refractivity contribution in [1.82, 2.24) is 10.6 Å². The molecule has 2 atom stereocenters. The summed E-state index contributed by atoms with van der Waals surface area (Å²) in [5, 5.41) is 7.08. The first-order valence-electron chi connectivity index (χ1n) is 7.64. The van der Waals surface area contributed by atoms with Crippen LogP contribution in [0, 0.1) is 0 Å². The first kappa shape index (κ1) is 19.6. The van der Waals surface area contributed by atoms with E-state index in [9.17, 15) is 4.79 Å². The molecule has 0 aromatic heterocycles. The number of halogens is 2. The first-order chi connectivity index (χ1) is 10.8. The van der Waals surface area contributed by atoms with Gasteiger partial charge in [0.25, 0.3) is 0 Å². The average molecular weight is 359 g/mol. The molecule has 1 rings (SSSR count). The lowest BCUT2D eigenvalue weighted by molar-refractivity contribution is -0.121. The van der Waals surface area contributed by atoms with Crippen molar-refractivity contribution in [1.29, 1.82) is 0 Å². The van der Waals surface area contributed by atoms with Gasteiger partial charge >= 0.3 is 0 Å². The van der Waals surface area contributed by atoms with Crippen molar-refractivity contribution in [3.05, 3.63) is 33.8 Å². The van der Waals surface area contributed by atoms with E-state index in [0.717, 1.165) is 12.0 Å². The summed E-state index contributed by atoms with van der Waals surface area (Å²) in [5.74, 6) is 0.254. The van der Waals surface area contributed by atoms with E-state index < -0.39 is 0 Å². The van der Waals surface area contributed by atoms with E-state index in [1.165, 1.54) is 0 Å². The molecule has 0 aliphatic heterocycles. The SMILES string of the molecule is CCC(C)NC(=O)CCN=C(N)NC(C)c1ccc(Cl)cc1Cl. The molecular formula is C16H24Cl2N4O. The summed E-state index contributed by atoms with van der Waals surface area (Å²) in [7, 11) is 0. The molecule has 0 heterocycles. The number of hydrogen-bond acceptors (Lipinski definition) is 2. The van der Waals surface area contributed by atoms with Crippen LogP contribution in [0.5, 0.6) is 0 Å². The van der Waals surface area contributed by atoms with Gasteiger partial charge in [0, 0.05) is 22.5 Å². The summed E-state index contributed by atoms with van der Waals surface area (Å²) < 4.78 is 0. The third-order valence-electron chi connectivity index (χ3n) is 3.43. The number of nitrogens with one attached hydrogen (secondary N) is 2. The standard InChI is InChI=1S/C16H24Cl2N4O/c1-4-10(2)21-15(23)7-8-20-16(19)22-11(3)13-6-5-12(17)9-14(13)18/h5-6,9-11H,4,7-8H2,1-3H3,(H,21,23)(H3,19,20,22). The van der Waals surface area contributed by atoms with Gasteiger partial charge in [-0.3, -0.25) is 9.79 Å². The van der Waals surface area contributed by atoms with Crippen LogP contribution in [0.4, 0.5) is 0 Å². The molecule has 0 saturated heterocycles. The summed E-state index contributed by atoms with van der Waals surface area (Å²) in [6.07, 6.45) is 1.21. The van der Waals surface area contributed by atoms with Crippen molar-refractivity contribution in [2.24, 2.45) is 10.7 Å². The van der Waals surface area contributed by atoms with Crippen molar-refractivity contribution in [2.45, 2.75) is 45.7 Å². The molecule has 128 valence electrons. The average Bonchev–Trinajstić information content (AvgIpc) is 2.46. The summed E-state index contributed by atoms with van der Waals surface area (Å²) >= 11 is 12.0. The molecule has 0 radical (unpaired) electrons. The number of benzene rings is 1. The number of rotatable bonds is 7. The fourth-order valence-electron chi connectivity index (χ4n) is 1.92. The van der Waals surface area contributed by atoms with Crippen LogP contribution in [-0.2, 0) is 4.79 Å². The monoisotopic (exact) mass is 358 g/mol. The van der Waals surface area contributed by atoms with Gasteiger partial charge in [-0.2, -0.15) is 0 Å². The zero-order valence-electron chi connectivity index (χ0n) is 13.7. The molecule has 1 aromatic carbocycles. The quantitative estimate of drug-likeness (QED) is 0.516. The maximum Gasteiger partial charge on any atom is 0.222 e. The van der Waals surface area contributed by atoms with Gasteiger partial charge in [0.1, 0.15) is 0 Å². The van der Waals surface area contributed by atoms with Gasteiger partial charge in [-0.1, -0.05) is 36.2 Å². The number of guanidine groups is 1. The summed E-state index contributed by atoms with van der Waals surface area (Å²) in [4.78, 5) is 15.8. The lowest BCUT2D eigenvalue weighted by Crippen LogP contribution is -2.35. The van der Waals surface area contributed by atoms with Gasteiger partial charge in [0.05, 0.1) is 12.6 Å². The highest BCUT2D eigenvalue weighted by molar-refractivity contribution is 6.35. The van der Waals surface area contributed by atoms with Gasteiger partial charge in [-0.05, 0) is 38.0 Å². The van der Waals surface area contributed by atoms with E-state index in [0.29, 0.717) is 23.0 Å². The highest BCUT2D eigenvalue weighted by atomic mass is 35.5. The van der Waals surface area contributed by atoms with Crippen molar-refractivity contribution in [3.63, 3.8) is 0 Å². The minimum absolute atomic E-state index is 0.0234. The highest BCUT2D eigenvalue weighted by Crippen LogP contribution is 2.25. The molecule has 0 saturated carbocycles. The minimum atomic E-state index is -0.113. The summed E-state index contributed by atoms with van der Waals surface area (Å²) in [6, 6.07) is 5.36. The molecule has 0 spiro atoms. The van der Waals surface area contributed by atoms with Crippen LogP contribution in [0.25, 0.3) is 0 Å². The fourth-order valence-corrected chi connectivity index (χ4v) is 2.50. The zero-order chi connectivity index (χ0) is 17.4. The van der Waals surface area contributed by atoms with Crippen LogP contribution in [0.15, 0.2) is 23.2 Å². The Balaban J connectivity index is 2.48. The third-order valence-corrected chi connectivity index (χ3v) is 4.00. The number of amides is 1. The largest absolute Gasteiger partial charge is 0.370 e. The Morgan fingerprint density at radius 2 is 2.00 bits per heavy atom. The molecule has 1 aromatic rings. The number of carbonyl (C=O) groups excluding carboxylic acids is 1. The molecule has 4 N–H and O–H groups in total. The number of carbonyl (C=O) groups is 1. The molecule has 2 unspecified atom stereocenters. The van der Waals surface area contributed by atoms with E-state index in [2.05, 4.69) is 15.6 Å². The number of hydrogen-bond donors (Lipinski definition) is 3. The van der Waals surface area contributed by atoms with Crippen LogP contribution >= 0.6 is 23.2 Å². The van der Waals surface area contributed by atoms with Gasteiger partial charge in [-0.15, -0.1) is 0 Å². The van der Waals surface area contributed by atoms with Gasteiger partial charge in [-0.25, -0.2) is 0 Å². The molecule has 5 nitrogen and oxygen atoms in total. The second kappa shape index (κ2) is 9.63. The number of aliphatic imine (C=N–C) groups is 1. The molecular weight excluding hydrogens is 335 g/mol. The lowest BCUT2D eigenvalue weighted by atomic mass is 10.1. The molecule has 1 amide bonds. The number of nitrogens with two attached hydrogens (primary N) is 1. The molecule has 0 aliphatic rings. The Hall–Kier alpha value is -1.46. The van der Waals surface area contributed by atoms with E-state index in [-0.39, 0.29) is 24.0 Å². The van der Waals surface area contributed by atoms with Crippen molar-refractivity contribution < 1.29 is 4.79 Å². The molecule has 0 aliphatic carbocycles. The Labute approximate surface area is 147 Å². The minimum Gasteiger partial charge on any atom is -0.370 e. The maximum atomic E-state index is 11.6. The normalized spacial score (nSPS) is 14.2. The third kappa shape index (κ3) is 7.10. The highest BCUT2D eigenvalue weighted by Gasteiger charge is 2.11. The Morgan fingerprint density at radius 3 is 2.61 bits per heavy atom. The summed E-state index contributed by atoms with van der Waals surface area (Å²) in [5.41, 5.74) is 6.72. The number of nitrogens with zero attached hydrogens (tertiary/aromatic N) is 1. The van der Waals surface area contributed by atoms with Crippen LogP contribution in [0.2, 0.25) is 10.0 Å². The van der Waals surface area contributed by atoms with Crippen LogP contribution in [0.1, 0.15) is 45.2 Å². The predicted octanol–water partition coefficient (Wildman–Crippen LogP) is 3.26. The second-order valence-electron chi connectivity index (χ2n) is 5.43. The van der Waals surface area contributed by atoms with Crippen molar-refractivity contribution in [3.8, 4) is 0 Å². The summed E-state index contributed by atoms with van der Waals surface area (Å²) in [6.45, 7) is 6.25. The van der Waals surface area contributed by atoms with Gasteiger partial charge in [0.2, 0.25) is 5.91 Å². The van der Waals surface area contributed by atoms with Crippen LogP contribution in [0.3, 0.4) is 0 Å². The van der Waals surface area contributed by atoms with E-state index in [1.807, 2.05) is 26.8 Å². The Kier molecular flexibility index (Phi) is 8.20. The molecule has 23 heavy (non-hydrogen) atoms. The molecule has 0 fully saturated rings. The first-order valence-corrected chi connectivity index (χ1v) is 8.39. The predicted molar refractivity (Wildman–Crippen MR) is 97.0 cm³/mol. The fraction of sp³-hybridized carbons (Fsp3) is 0.500. The van der Waals surface area contributed by atoms with Gasteiger partial charge < -0.3 is 16.4 Å². The molecule has 7 heteroatoms. The van der Waals surface area contributed by atoms with E-state index in [4.69, 9.17) is 28.9 Å². The van der Waals surface area contributed by atoms with Crippen LogP contribution in [-0.4, -0.2) is 24.5 Å². The zero-order valence-corrected chi connectivity index (χ0v) is 15.2. The van der Waals surface area contributed by atoms with Crippen molar-refractivity contribution in [2.75, 3.05) is 6.54 Å². The van der Waals surface area contributed by atoms with E-state index >= 15 is 0 Å². The Morgan fingerprint density at radius 1 is 1.30 bits per heavy atom.